The summed E-state index contributed by atoms with van der Waals surface area (Å²) in [5.74, 6) is 0.198. The van der Waals surface area contributed by atoms with E-state index >= 15 is 0 Å². The van der Waals surface area contributed by atoms with Gasteiger partial charge in [-0.25, -0.2) is 0 Å². The van der Waals surface area contributed by atoms with Crippen molar-refractivity contribution in [3.8, 4) is 5.75 Å². The Labute approximate surface area is 132 Å². The van der Waals surface area contributed by atoms with Gasteiger partial charge in [-0.3, -0.25) is 0 Å². The molecule has 1 nitrogen and oxygen atoms in total. The molecule has 2 rings (SSSR count). The highest BCUT2D eigenvalue weighted by molar-refractivity contribution is 14.1. The Balaban J connectivity index is 2.38. The maximum Gasteiger partial charge on any atom is 0.417 e. The van der Waals surface area contributed by atoms with Crippen LogP contribution in [-0.4, -0.2) is 7.11 Å². The van der Waals surface area contributed by atoms with Gasteiger partial charge in [0.1, 0.15) is 5.75 Å². The smallest absolute Gasteiger partial charge is 0.417 e. The van der Waals surface area contributed by atoms with Crippen LogP contribution in [0.15, 0.2) is 52.3 Å². The van der Waals surface area contributed by atoms with Crippen molar-refractivity contribution in [3.63, 3.8) is 0 Å². The molecule has 0 spiro atoms. The Hall–Kier alpha value is -0.890. The predicted molar refractivity (Wildman–Crippen MR) is 81.3 cm³/mol. The van der Waals surface area contributed by atoms with Gasteiger partial charge >= 0.3 is 6.18 Å². The highest BCUT2D eigenvalue weighted by Gasteiger charge is 2.34. The van der Waals surface area contributed by atoms with Gasteiger partial charge in [-0.05, 0) is 65.1 Å². The molecule has 106 valence electrons. The molecule has 0 unspecified atom stereocenters. The summed E-state index contributed by atoms with van der Waals surface area (Å²) in [7, 11) is 1.35. The lowest BCUT2D eigenvalue weighted by molar-refractivity contribution is -0.139. The minimum absolute atomic E-state index is 0.166. The molecule has 0 radical (unpaired) electrons. The third-order valence-corrected chi connectivity index (χ3v) is 4.34. The fourth-order valence-corrected chi connectivity index (χ4v) is 2.88. The summed E-state index contributed by atoms with van der Waals surface area (Å²) in [5, 5.41) is 0. The van der Waals surface area contributed by atoms with Gasteiger partial charge in [0.2, 0.25) is 0 Å². The van der Waals surface area contributed by atoms with E-state index in [4.69, 9.17) is 4.74 Å². The third kappa shape index (κ3) is 3.82. The quantitative estimate of drug-likeness (QED) is 0.621. The van der Waals surface area contributed by atoms with Gasteiger partial charge in [0.15, 0.2) is 0 Å². The van der Waals surface area contributed by atoms with Crippen LogP contribution in [0.5, 0.6) is 5.75 Å². The summed E-state index contributed by atoms with van der Waals surface area (Å²) in [4.78, 5) is 0.931. The van der Waals surface area contributed by atoms with Crippen LogP contribution in [0.25, 0.3) is 0 Å². The average molecular weight is 410 g/mol. The van der Waals surface area contributed by atoms with Crippen LogP contribution in [0.2, 0.25) is 0 Å². The molecule has 0 aliphatic rings. The fraction of sp³-hybridized carbons (Fsp3) is 0.143. The van der Waals surface area contributed by atoms with Crippen LogP contribution in [0.4, 0.5) is 13.2 Å². The minimum atomic E-state index is -4.40. The Bertz CT molecular complexity index is 596. The second kappa shape index (κ2) is 6.26. The largest absolute Gasteiger partial charge is 0.497 e. The van der Waals surface area contributed by atoms with Crippen molar-refractivity contribution in [2.75, 3.05) is 7.11 Å². The molecule has 0 amide bonds. The van der Waals surface area contributed by atoms with Crippen molar-refractivity contribution in [3.05, 3.63) is 51.6 Å². The molecular formula is C14H10F3IOS. The second-order valence-corrected chi connectivity index (χ2v) is 6.28. The molecule has 0 aliphatic heterocycles. The molecule has 0 aliphatic carbocycles. The van der Waals surface area contributed by atoms with E-state index in [1.54, 1.807) is 12.1 Å². The van der Waals surface area contributed by atoms with Crippen molar-refractivity contribution in [2.45, 2.75) is 16.0 Å². The van der Waals surface area contributed by atoms with E-state index in [2.05, 4.69) is 22.6 Å². The molecule has 0 saturated carbocycles. The zero-order valence-electron chi connectivity index (χ0n) is 10.4. The lowest BCUT2D eigenvalue weighted by Gasteiger charge is -2.13. The maximum absolute atomic E-state index is 13.1. The Kier molecular flexibility index (Phi) is 4.85. The van der Waals surface area contributed by atoms with Gasteiger partial charge in [-0.2, -0.15) is 13.2 Å². The van der Waals surface area contributed by atoms with Crippen molar-refractivity contribution in [2.24, 2.45) is 0 Å². The number of benzene rings is 2. The summed E-state index contributed by atoms with van der Waals surface area (Å²) >= 11 is 3.24. The zero-order valence-corrected chi connectivity index (χ0v) is 13.3. The number of alkyl halides is 3. The van der Waals surface area contributed by atoms with E-state index in [1.165, 1.54) is 19.2 Å². The van der Waals surface area contributed by atoms with Gasteiger partial charge in [-0.1, -0.05) is 11.8 Å². The number of methoxy groups -OCH3 is 1. The highest BCUT2D eigenvalue weighted by atomic mass is 127. The molecule has 0 heterocycles. The minimum Gasteiger partial charge on any atom is -0.497 e. The van der Waals surface area contributed by atoms with E-state index in [9.17, 15) is 13.2 Å². The number of halogens is 4. The monoisotopic (exact) mass is 410 g/mol. The SMILES string of the molecule is COc1ccc(Sc2ccc(I)cc2)c(C(F)(F)F)c1. The number of hydrogen-bond donors (Lipinski definition) is 0. The normalized spacial score (nSPS) is 11.4. The Morgan fingerprint density at radius 3 is 2.25 bits per heavy atom. The zero-order chi connectivity index (χ0) is 14.8. The summed E-state index contributed by atoms with van der Waals surface area (Å²) in [6.45, 7) is 0. The maximum atomic E-state index is 13.1. The van der Waals surface area contributed by atoms with Crippen molar-refractivity contribution in [1.29, 1.82) is 0 Å². The predicted octanol–water partition coefficient (Wildman–Crippen LogP) is 5.47. The van der Waals surface area contributed by atoms with Gasteiger partial charge < -0.3 is 4.74 Å². The molecule has 6 heteroatoms. The van der Waals surface area contributed by atoms with E-state index in [0.29, 0.717) is 0 Å². The van der Waals surface area contributed by atoms with E-state index < -0.39 is 11.7 Å². The lowest BCUT2D eigenvalue weighted by Crippen LogP contribution is -2.07. The van der Waals surface area contributed by atoms with E-state index in [-0.39, 0.29) is 10.6 Å². The van der Waals surface area contributed by atoms with Crippen molar-refractivity contribution >= 4 is 34.4 Å². The summed E-state index contributed by atoms with van der Waals surface area (Å²) in [6, 6.07) is 11.3. The summed E-state index contributed by atoms with van der Waals surface area (Å²) in [5.41, 5.74) is -0.680. The van der Waals surface area contributed by atoms with Gasteiger partial charge in [-0.15, -0.1) is 0 Å². The van der Waals surface area contributed by atoms with Crippen molar-refractivity contribution < 1.29 is 17.9 Å². The van der Waals surface area contributed by atoms with Crippen LogP contribution < -0.4 is 4.74 Å². The molecule has 20 heavy (non-hydrogen) atoms. The first-order chi connectivity index (χ1) is 9.40. The van der Waals surface area contributed by atoms with Gasteiger partial charge in [0.05, 0.1) is 12.7 Å². The van der Waals surface area contributed by atoms with E-state index in [1.807, 2.05) is 12.1 Å². The van der Waals surface area contributed by atoms with Gasteiger partial charge in [0, 0.05) is 13.4 Å². The van der Waals surface area contributed by atoms with Crippen LogP contribution >= 0.6 is 34.4 Å². The highest BCUT2D eigenvalue weighted by Crippen LogP contribution is 2.41. The van der Waals surface area contributed by atoms with Crippen LogP contribution in [-0.2, 0) is 6.18 Å². The second-order valence-electron chi connectivity index (χ2n) is 3.92. The molecule has 0 bridgehead atoms. The van der Waals surface area contributed by atoms with Crippen molar-refractivity contribution in [1.82, 2.24) is 0 Å². The molecule has 0 atom stereocenters. The Morgan fingerprint density at radius 2 is 1.70 bits per heavy atom. The molecule has 0 N–H and O–H groups in total. The summed E-state index contributed by atoms with van der Waals surface area (Å²) in [6.07, 6.45) is -4.40. The third-order valence-electron chi connectivity index (χ3n) is 2.53. The summed E-state index contributed by atoms with van der Waals surface area (Å²) < 4.78 is 45.1. The number of hydrogen-bond acceptors (Lipinski definition) is 2. The first-order valence-electron chi connectivity index (χ1n) is 5.59. The van der Waals surface area contributed by atoms with E-state index in [0.717, 1.165) is 26.3 Å². The lowest BCUT2D eigenvalue weighted by atomic mass is 10.2. The van der Waals surface area contributed by atoms with Gasteiger partial charge in [0.25, 0.3) is 0 Å². The molecule has 0 saturated heterocycles. The molecule has 2 aromatic carbocycles. The fourth-order valence-electron chi connectivity index (χ4n) is 1.58. The van der Waals surface area contributed by atoms with Crippen LogP contribution in [0.3, 0.4) is 0 Å². The first-order valence-corrected chi connectivity index (χ1v) is 7.48. The van der Waals surface area contributed by atoms with Crippen LogP contribution in [0, 0.1) is 3.57 Å². The Morgan fingerprint density at radius 1 is 1.05 bits per heavy atom. The number of rotatable bonds is 3. The topological polar surface area (TPSA) is 9.23 Å². The molecule has 0 fully saturated rings. The number of ether oxygens (including phenoxy) is 1. The van der Waals surface area contributed by atoms with Crippen LogP contribution in [0.1, 0.15) is 5.56 Å². The standard InChI is InChI=1S/C14H10F3IOS/c1-19-10-4-7-13(12(8-10)14(15,16)17)20-11-5-2-9(18)3-6-11/h2-8H,1H3. The molecule has 0 aromatic heterocycles. The average Bonchev–Trinajstić information content (AvgIpc) is 2.40. The molecule has 2 aromatic rings. The first kappa shape index (κ1) is 15.5. The molecular weight excluding hydrogens is 400 g/mol.